The molecule has 6 heteroatoms. The SMILES string of the molecule is O=C(N[C@H](CO)Cc1ccccc1)[C@@H]1[C@@H](C(=O)N[C@H](CO)Cc2ccccc2)[C@H]2C=C[C@@H]1C2. The number of benzene rings is 2. The molecule has 0 saturated heterocycles. The second-order valence-corrected chi connectivity index (χ2v) is 9.16. The van der Waals surface area contributed by atoms with Gasteiger partial charge in [-0.3, -0.25) is 9.59 Å². The van der Waals surface area contributed by atoms with E-state index in [1.54, 1.807) is 0 Å². The molecule has 2 aromatic rings. The van der Waals surface area contributed by atoms with E-state index in [1.807, 2.05) is 72.8 Å². The monoisotopic (exact) mass is 448 g/mol. The third-order valence-corrected chi connectivity index (χ3v) is 6.85. The van der Waals surface area contributed by atoms with Crippen molar-refractivity contribution in [3.05, 3.63) is 83.9 Å². The fraction of sp³-hybridized carbons (Fsp3) is 0.407. The maximum absolute atomic E-state index is 13.3. The van der Waals surface area contributed by atoms with E-state index in [0.717, 1.165) is 17.5 Å². The first-order chi connectivity index (χ1) is 16.1. The van der Waals surface area contributed by atoms with Gasteiger partial charge in [-0.05, 0) is 42.2 Å². The summed E-state index contributed by atoms with van der Waals surface area (Å²) in [4.78, 5) is 26.5. The minimum atomic E-state index is -0.471. The van der Waals surface area contributed by atoms with Gasteiger partial charge in [0.2, 0.25) is 11.8 Å². The van der Waals surface area contributed by atoms with Crippen molar-refractivity contribution < 1.29 is 19.8 Å². The third-order valence-electron chi connectivity index (χ3n) is 6.85. The quantitative estimate of drug-likeness (QED) is 0.417. The second-order valence-electron chi connectivity index (χ2n) is 9.16. The average Bonchev–Trinajstić information content (AvgIpc) is 3.46. The van der Waals surface area contributed by atoms with Crippen LogP contribution in [-0.4, -0.2) is 47.3 Å². The summed E-state index contributed by atoms with van der Waals surface area (Å²) in [6.45, 7) is -0.338. The van der Waals surface area contributed by atoms with E-state index >= 15 is 0 Å². The first-order valence-electron chi connectivity index (χ1n) is 11.7. The van der Waals surface area contributed by atoms with Crippen LogP contribution in [0, 0.1) is 23.7 Å². The number of carbonyl (C=O) groups excluding carboxylic acids is 2. The lowest BCUT2D eigenvalue weighted by molar-refractivity contribution is -0.136. The van der Waals surface area contributed by atoms with E-state index in [2.05, 4.69) is 10.6 Å². The van der Waals surface area contributed by atoms with Crippen LogP contribution in [0.3, 0.4) is 0 Å². The molecule has 2 aromatic carbocycles. The molecule has 1 saturated carbocycles. The lowest BCUT2D eigenvalue weighted by Crippen LogP contribution is -2.50. The highest BCUT2D eigenvalue weighted by atomic mass is 16.3. The number of hydrogen-bond acceptors (Lipinski definition) is 4. The molecule has 0 radical (unpaired) electrons. The van der Waals surface area contributed by atoms with Crippen LogP contribution in [0.2, 0.25) is 0 Å². The molecule has 0 heterocycles. The molecule has 6 atom stereocenters. The first kappa shape index (κ1) is 23.2. The van der Waals surface area contributed by atoms with Crippen molar-refractivity contribution in [3.8, 4) is 0 Å². The molecule has 0 aliphatic heterocycles. The van der Waals surface area contributed by atoms with Crippen molar-refractivity contribution in [2.45, 2.75) is 31.3 Å². The molecule has 0 unspecified atom stereocenters. The second kappa shape index (κ2) is 10.8. The van der Waals surface area contributed by atoms with Crippen LogP contribution >= 0.6 is 0 Å². The van der Waals surface area contributed by atoms with Crippen LogP contribution in [0.25, 0.3) is 0 Å². The molecule has 2 aliphatic rings. The van der Waals surface area contributed by atoms with Crippen molar-refractivity contribution in [1.82, 2.24) is 10.6 Å². The molecule has 4 N–H and O–H groups in total. The molecule has 0 aromatic heterocycles. The molecule has 2 aliphatic carbocycles. The van der Waals surface area contributed by atoms with Crippen molar-refractivity contribution in [2.75, 3.05) is 13.2 Å². The molecular formula is C27H32N2O4. The van der Waals surface area contributed by atoms with Crippen LogP contribution in [0.15, 0.2) is 72.8 Å². The molecule has 2 bridgehead atoms. The molecule has 33 heavy (non-hydrogen) atoms. The van der Waals surface area contributed by atoms with Crippen molar-refractivity contribution in [1.29, 1.82) is 0 Å². The Labute approximate surface area is 194 Å². The van der Waals surface area contributed by atoms with Crippen molar-refractivity contribution >= 4 is 11.8 Å². The van der Waals surface area contributed by atoms with Gasteiger partial charge in [-0.15, -0.1) is 0 Å². The van der Waals surface area contributed by atoms with Crippen LogP contribution in [0.4, 0.5) is 0 Å². The van der Waals surface area contributed by atoms with E-state index in [1.165, 1.54) is 0 Å². The first-order valence-corrected chi connectivity index (χ1v) is 11.7. The highest BCUT2D eigenvalue weighted by Crippen LogP contribution is 2.48. The minimum absolute atomic E-state index is 0.0171. The topological polar surface area (TPSA) is 98.7 Å². The number of carbonyl (C=O) groups is 2. The van der Waals surface area contributed by atoms with Crippen LogP contribution in [-0.2, 0) is 22.4 Å². The maximum atomic E-state index is 13.3. The van der Waals surface area contributed by atoms with Crippen molar-refractivity contribution in [3.63, 3.8) is 0 Å². The van der Waals surface area contributed by atoms with Gasteiger partial charge in [-0.2, -0.15) is 0 Å². The summed E-state index contributed by atoms with van der Waals surface area (Å²) in [7, 11) is 0. The average molecular weight is 449 g/mol. The van der Waals surface area contributed by atoms with Crippen LogP contribution in [0.5, 0.6) is 0 Å². The number of nitrogens with one attached hydrogen (secondary N) is 2. The highest BCUT2D eigenvalue weighted by Gasteiger charge is 2.51. The molecule has 174 valence electrons. The summed E-state index contributed by atoms with van der Waals surface area (Å²) in [5.41, 5.74) is 2.07. The van der Waals surface area contributed by atoms with Crippen molar-refractivity contribution in [2.24, 2.45) is 23.7 Å². The van der Waals surface area contributed by atoms with Gasteiger partial charge >= 0.3 is 0 Å². The fourth-order valence-corrected chi connectivity index (χ4v) is 5.25. The minimum Gasteiger partial charge on any atom is -0.394 e. The van der Waals surface area contributed by atoms with E-state index in [-0.39, 0.29) is 36.9 Å². The Morgan fingerprint density at radius 1 is 0.727 bits per heavy atom. The Hall–Kier alpha value is -2.96. The summed E-state index contributed by atoms with van der Waals surface area (Å²) < 4.78 is 0. The normalized spacial score (nSPS) is 24.9. The van der Waals surface area contributed by atoms with Gasteiger partial charge in [-0.25, -0.2) is 0 Å². The van der Waals surface area contributed by atoms with Gasteiger partial charge in [-0.1, -0.05) is 72.8 Å². The van der Waals surface area contributed by atoms with Gasteiger partial charge < -0.3 is 20.8 Å². The van der Waals surface area contributed by atoms with Gasteiger partial charge in [0, 0.05) is 0 Å². The fourth-order valence-electron chi connectivity index (χ4n) is 5.25. The summed E-state index contributed by atoms with van der Waals surface area (Å²) in [6.07, 6.45) is 5.91. The Bertz CT molecular complexity index is 885. The van der Waals surface area contributed by atoms with Gasteiger partial charge in [0.15, 0.2) is 0 Å². The van der Waals surface area contributed by atoms with E-state index < -0.39 is 23.9 Å². The zero-order chi connectivity index (χ0) is 23.2. The standard InChI is InChI=1S/C27H32N2O4/c30-16-22(13-18-7-3-1-4-8-18)28-26(32)24-20-11-12-21(15-20)25(24)27(33)29-23(17-31)14-19-9-5-2-6-10-19/h1-12,20-25,30-31H,13-17H2,(H,28,32)(H,29,33)/t20-,21+,22-,23-,24-,25-/m0/s1. The zero-order valence-corrected chi connectivity index (χ0v) is 18.6. The predicted molar refractivity (Wildman–Crippen MR) is 126 cm³/mol. The lowest BCUT2D eigenvalue weighted by Gasteiger charge is -2.29. The number of amides is 2. The van der Waals surface area contributed by atoms with E-state index in [0.29, 0.717) is 12.8 Å². The number of hydrogen-bond donors (Lipinski definition) is 4. The van der Waals surface area contributed by atoms with Crippen LogP contribution in [0.1, 0.15) is 17.5 Å². The lowest BCUT2D eigenvalue weighted by atomic mass is 9.81. The molecule has 0 spiro atoms. The number of aliphatic hydroxyl groups is 2. The summed E-state index contributed by atoms with van der Waals surface area (Å²) in [6, 6.07) is 18.6. The number of fused-ring (bicyclic) bond motifs is 2. The largest absolute Gasteiger partial charge is 0.394 e. The molecule has 1 fully saturated rings. The number of rotatable bonds is 10. The van der Waals surface area contributed by atoms with Gasteiger partial charge in [0.1, 0.15) is 0 Å². The van der Waals surface area contributed by atoms with Gasteiger partial charge in [0.25, 0.3) is 0 Å². The third kappa shape index (κ3) is 5.52. The smallest absolute Gasteiger partial charge is 0.224 e. The number of allylic oxidation sites excluding steroid dienone is 2. The predicted octanol–water partition coefficient (Wildman–Crippen LogP) is 1.86. The number of aliphatic hydroxyl groups excluding tert-OH is 2. The highest BCUT2D eigenvalue weighted by molar-refractivity contribution is 5.90. The van der Waals surface area contributed by atoms with E-state index in [9.17, 15) is 19.8 Å². The molecule has 2 amide bonds. The zero-order valence-electron chi connectivity index (χ0n) is 18.6. The Morgan fingerprint density at radius 2 is 1.12 bits per heavy atom. The molecule has 6 nitrogen and oxygen atoms in total. The molecular weight excluding hydrogens is 416 g/mol. The van der Waals surface area contributed by atoms with Crippen LogP contribution < -0.4 is 10.6 Å². The Balaban J connectivity index is 1.42. The summed E-state index contributed by atoms with van der Waals surface area (Å²) in [5, 5.41) is 25.6. The van der Waals surface area contributed by atoms with E-state index in [4.69, 9.17) is 0 Å². The Kier molecular flexibility index (Phi) is 7.57. The maximum Gasteiger partial charge on any atom is 0.224 e. The van der Waals surface area contributed by atoms with Gasteiger partial charge in [0.05, 0.1) is 37.1 Å². The summed E-state index contributed by atoms with van der Waals surface area (Å²) >= 11 is 0. The molecule has 4 rings (SSSR count). The summed E-state index contributed by atoms with van der Waals surface area (Å²) in [5.74, 6) is -1.29. The Morgan fingerprint density at radius 3 is 1.48 bits per heavy atom.